The Kier molecular flexibility index (Phi) is 6.31. The van der Waals surface area contributed by atoms with E-state index in [2.05, 4.69) is 56.7 Å². The fourth-order valence-electron chi connectivity index (χ4n) is 2.18. The summed E-state index contributed by atoms with van der Waals surface area (Å²) in [4.78, 5) is 18.3. The van der Waals surface area contributed by atoms with Crippen molar-refractivity contribution < 1.29 is 0 Å². The molecular formula is C16H27N7. The Balaban J connectivity index is 2.52. The maximum absolute atomic E-state index is 4.63. The number of aryl methyl sites for hydroxylation is 1. The van der Waals surface area contributed by atoms with Gasteiger partial charge in [-0.15, -0.1) is 0 Å². The zero-order valence-corrected chi connectivity index (χ0v) is 14.5. The molecule has 0 saturated carbocycles. The lowest BCUT2D eigenvalue weighted by Gasteiger charge is -2.13. The summed E-state index contributed by atoms with van der Waals surface area (Å²) in [6.45, 7) is 10.8. The summed E-state index contributed by atoms with van der Waals surface area (Å²) in [6, 6.07) is 0. The molecule has 2 aromatic heterocycles. The van der Waals surface area contributed by atoms with Gasteiger partial charge in [0, 0.05) is 19.6 Å². The Labute approximate surface area is 137 Å². The molecule has 23 heavy (non-hydrogen) atoms. The highest BCUT2D eigenvalue weighted by Crippen LogP contribution is 2.25. The second-order valence-corrected chi connectivity index (χ2v) is 5.49. The molecule has 126 valence electrons. The first-order valence-corrected chi connectivity index (χ1v) is 8.47. The molecule has 0 amide bonds. The lowest BCUT2D eigenvalue weighted by molar-refractivity contribution is 0.937. The minimum absolute atomic E-state index is 0.616. The van der Waals surface area contributed by atoms with Gasteiger partial charge in [0.05, 0.1) is 0 Å². The largest absolute Gasteiger partial charge is 0.368 e. The molecule has 0 saturated heterocycles. The molecule has 2 aromatic rings. The minimum Gasteiger partial charge on any atom is -0.368 e. The van der Waals surface area contributed by atoms with Gasteiger partial charge in [-0.1, -0.05) is 20.8 Å². The second kappa shape index (κ2) is 8.45. The number of fused-ring (bicyclic) bond motifs is 1. The lowest BCUT2D eigenvalue weighted by Crippen LogP contribution is -2.12. The van der Waals surface area contributed by atoms with Crippen molar-refractivity contribution in [1.29, 1.82) is 0 Å². The Morgan fingerprint density at radius 3 is 1.78 bits per heavy atom. The number of nitrogens with one attached hydrogen (secondary N) is 3. The van der Waals surface area contributed by atoms with E-state index in [0.29, 0.717) is 11.8 Å². The van der Waals surface area contributed by atoms with Crippen LogP contribution in [0, 0.1) is 6.92 Å². The summed E-state index contributed by atoms with van der Waals surface area (Å²) in [7, 11) is 0. The molecule has 3 N–H and O–H groups in total. The quantitative estimate of drug-likeness (QED) is 0.654. The first kappa shape index (κ1) is 17.2. The Hall–Kier alpha value is -2.18. The van der Waals surface area contributed by atoms with Crippen molar-refractivity contribution >= 4 is 28.6 Å². The smallest absolute Gasteiger partial charge is 0.225 e. The van der Waals surface area contributed by atoms with Gasteiger partial charge in [0.2, 0.25) is 5.95 Å². The highest BCUT2D eigenvalue weighted by atomic mass is 15.2. The lowest BCUT2D eigenvalue weighted by atomic mass is 10.3. The van der Waals surface area contributed by atoms with Crippen molar-refractivity contribution in [3.05, 3.63) is 5.82 Å². The van der Waals surface area contributed by atoms with Crippen LogP contribution in [-0.4, -0.2) is 39.6 Å². The van der Waals surface area contributed by atoms with Crippen LogP contribution >= 0.6 is 0 Å². The van der Waals surface area contributed by atoms with E-state index in [1.165, 1.54) is 0 Å². The zero-order chi connectivity index (χ0) is 16.7. The van der Waals surface area contributed by atoms with Crippen LogP contribution in [0.2, 0.25) is 0 Å². The molecule has 0 aliphatic heterocycles. The van der Waals surface area contributed by atoms with E-state index >= 15 is 0 Å². The zero-order valence-electron chi connectivity index (χ0n) is 14.5. The predicted octanol–water partition coefficient (Wildman–Crippen LogP) is 3.19. The summed E-state index contributed by atoms with van der Waals surface area (Å²) in [5, 5.41) is 9.96. The maximum atomic E-state index is 4.63. The van der Waals surface area contributed by atoms with Gasteiger partial charge in [-0.2, -0.15) is 4.98 Å². The first-order chi connectivity index (χ1) is 11.2. The summed E-state index contributed by atoms with van der Waals surface area (Å²) < 4.78 is 0. The number of nitrogens with zero attached hydrogens (tertiary/aromatic N) is 4. The maximum Gasteiger partial charge on any atom is 0.225 e. The molecule has 7 heteroatoms. The SMILES string of the molecule is CCCNc1nc(NCCC)c2nc(C)nc(NCCC)c2n1. The molecule has 0 atom stereocenters. The Morgan fingerprint density at radius 2 is 1.17 bits per heavy atom. The minimum atomic E-state index is 0.616. The van der Waals surface area contributed by atoms with Crippen molar-refractivity contribution in [2.75, 3.05) is 35.6 Å². The van der Waals surface area contributed by atoms with Gasteiger partial charge < -0.3 is 16.0 Å². The fraction of sp³-hybridized carbons (Fsp3) is 0.625. The number of aromatic nitrogens is 4. The van der Waals surface area contributed by atoms with Crippen LogP contribution in [0.1, 0.15) is 45.9 Å². The van der Waals surface area contributed by atoms with Gasteiger partial charge in [0.15, 0.2) is 11.6 Å². The van der Waals surface area contributed by atoms with Crippen LogP contribution in [-0.2, 0) is 0 Å². The topological polar surface area (TPSA) is 87.7 Å². The van der Waals surface area contributed by atoms with Crippen LogP contribution in [0.3, 0.4) is 0 Å². The summed E-state index contributed by atoms with van der Waals surface area (Å²) >= 11 is 0. The number of rotatable bonds is 9. The van der Waals surface area contributed by atoms with Crippen LogP contribution < -0.4 is 16.0 Å². The molecule has 0 radical (unpaired) electrons. The van der Waals surface area contributed by atoms with E-state index in [9.17, 15) is 0 Å². The fourth-order valence-corrected chi connectivity index (χ4v) is 2.18. The highest BCUT2D eigenvalue weighted by molar-refractivity contribution is 5.93. The third-order valence-corrected chi connectivity index (χ3v) is 3.27. The van der Waals surface area contributed by atoms with Gasteiger partial charge in [-0.25, -0.2) is 15.0 Å². The average molecular weight is 317 g/mol. The average Bonchev–Trinajstić information content (AvgIpc) is 2.56. The van der Waals surface area contributed by atoms with Crippen molar-refractivity contribution in [2.45, 2.75) is 47.0 Å². The van der Waals surface area contributed by atoms with E-state index in [1.54, 1.807) is 0 Å². The molecule has 0 fully saturated rings. The summed E-state index contributed by atoms with van der Waals surface area (Å²) in [5.74, 6) is 2.87. The van der Waals surface area contributed by atoms with E-state index in [4.69, 9.17) is 0 Å². The first-order valence-electron chi connectivity index (χ1n) is 8.47. The standard InChI is InChI=1S/C16H27N7/c1-5-8-17-14-13-12(20-11(4)21-14)15(18-9-6-2)23-16(22-13)19-10-7-3/h5-10H2,1-4H3,(H,17,20,21)(H2,18,19,22,23). The van der Waals surface area contributed by atoms with Crippen LogP contribution in [0.4, 0.5) is 17.6 Å². The predicted molar refractivity (Wildman–Crippen MR) is 96.2 cm³/mol. The van der Waals surface area contributed by atoms with Crippen molar-refractivity contribution in [1.82, 2.24) is 19.9 Å². The molecule has 0 bridgehead atoms. The molecule has 2 heterocycles. The van der Waals surface area contributed by atoms with E-state index < -0.39 is 0 Å². The van der Waals surface area contributed by atoms with Gasteiger partial charge in [0.1, 0.15) is 16.9 Å². The molecule has 0 aromatic carbocycles. The van der Waals surface area contributed by atoms with Crippen molar-refractivity contribution in [3.63, 3.8) is 0 Å². The van der Waals surface area contributed by atoms with E-state index in [1.807, 2.05) is 6.92 Å². The monoisotopic (exact) mass is 317 g/mol. The summed E-state index contributed by atoms with van der Waals surface area (Å²) in [5.41, 5.74) is 1.53. The van der Waals surface area contributed by atoms with Crippen LogP contribution in [0.5, 0.6) is 0 Å². The number of hydrogen-bond donors (Lipinski definition) is 3. The van der Waals surface area contributed by atoms with Crippen molar-refractivity contribution in [3.8, 4) is 0 Å². The molecule has 7 nitrogen and oxygen atoms in total. The Morgan fingerprint density at radius 1 is 0.652 bits per heavy atom. The van der Waals surface area contributed by atoms with E-state index in [-0.39, 0.29) is 0 Å². The molecule has 0 unspecified atom stereocenters. The third kappa shape index (κ3) is 4.40. The third-order valence-electron chi connectivity index (χ3n) is 3.27. The molecule has 0 aliphatic carbocycles. The van der Waals surface area contributed by atoms with Crippen molar-refractivity contribution in [2.24, 2.45) is 0 Å². The highest BCUT2D eigenvalue weighted by Gasteiger charge is 2.14. The Bertz CT molecular complexity index is 642. The number of anilines is 3. The second-order valence-electron chi connectivity index (χ2n) is 5.49. The molecule has 2 rings (SSSR count). The molecule has 0 spiro atoms. The van der Waals surface area contributed by atoms with Gasteiger partial charge in [0.25, 0.3) is 0 Å². The molecular weight excluding hydrogens is 290 g/mol. The van der Waals surface area contributed by atoms with Gasteiger partial charge >= 0.3 is 0 Å². The van der Waals surface area contributed by atoms with Gasteiger partial charge in [-0.3, -0.25) is 0 Å². The van der Waals surface area contributed by atoms with Gasteiger partial charge in [-0.05, 0) is 26.2 Å². The summed E-state index contributed by atoms with van der Waals surface area (Å²) in [6.07, 6.45) is 3.07. The number of hydrogen-bond acceptors (Lipinski definition) is 7. The van der Waals surface area contributed by atoms with E-state index in [0.717, 1.165) is 61.6 Å². The molecule has 0 aliphatic rings. The van der Waals surface area contributed by atoms with Crippen LogP contribution in [0.25, 0.3) is 11.0 Å². The van der Waals surface area contributed by atoms with Crippen LogP contribution in [0.15, 0.2) is 0 Å². The normalized spacial score (nSPS) is 10.8.